The molecule has 1 fully saturated rings. The van der Waals surface area contributed by atoms with Crippen LogP contribution in [-0.2, 0) is 11.3 Å². The summed E-state index contributed by atoms with van der Waals surface area (Å²) in [6, 6.07) is 5.62. The van der Waals surface area contributed by atoms with E-state index in [1.165, 1.54) is 0 Å². The number of nitrogens with one attached hydrogen (secondary N) is 2. The number of nitrogens with zero attached hydrogens (tertiary/aromatic N) is 1. The molecule has 2 N–H and O–H groups in total. The Morgan fingerprint density at radius 2 is 1.84 bits per heavy atom. The standard InChI is InChI=1S/C24H37Cl2N3O2/c1-6-31-23(30)28-22(24(3,4)5)16-29-9-7-18(8-10-29)11-17(2)27-15-19-12-20(25)14-21(26)13-19/h12-14,18,22,27H,2,6-11,15-16H2,1,3-5H3,(H,28,30). The summed E-state index contributed by atoms with van der Waals surface area (Å²) in [5.74, 6) is 0.616. The number of benzene rings is 1. The summed E-state index contributed by atoms with van der Waals surface area (Å²) in [7, 11) is 0. The molecule has 1 amide bonds. The number of hydrogen-bond donors (Lipinski definition) is 2. The van der Waals surface area contributed by atoms with Crippen molar-refractivity contribution in [1.82, 2.24) is 15.5 Å². The van der Waals surface area contributed by atoms with E-state index in [0.29, 0.717) is 29.1 Å². The summed E-state index contributed by atoms with van der Waals surface area (Å²) >= 11 is 12.1. The average molecular weight is 470 g/mol. The minimum absolute atomic E-state index is 0.0367. The first-order valence-electron chi connectivity index (χ1n) is 11.1. The number of halogens is 2. The summed E-state index contributed by atoms with van der Waals surface area (Å²) < 4.78 is 5.09. The highest BCUT2D eigenvalue weighted by Crippen LogP contribution is 2.26. The van der Waals surface area contributed by atoms with Crippen LogP contribution in [0, 0.1) is 11.3 Å². The Bertz CT molecular complexity index is 721. The van der Waals surface area contributed by atoms with Crippen molar-refractivity contribution < 1.29 is 9.53 Å². The zero-order valence-corrected chi connectivity index (χ0v) is 20.8. The number of amides is 1. The van der Waals surface area contributed by atoms with E-state index < -0.39 is 0 Å². The topological polar surface area (TPSA) is 53.6 Å². The predicted molar refractivity (Wildman–Crippen MR) is 130 cm³/mol. The van der Waals surface area contributed by atoms with Gasteiger partial charge in [-0.25, -0.2) is 4.79 Å². The first-order chi connectivity index (χ1) is 14.6. The van der Waals surface area contributed by atoms with E-state index in [4.69, 9.17) is 27.9 Å². The Hall–Kier alpha value is -1.43. The lowest BCUT2D eigenvalue weighted by Crippen LogP contribution is -2.52. The van der Waals surface area contributed by atoms with E-state index in [1.807, 2.05) is 19.1 Å². The molecule has 5 nitrogen and oxygen atoms in total. The molecule has 1 saturated heterocycles. The summed E-state index contributed by atoms with van der Waals surface area (Å²) in [5, 5.41) is 7.75. The molecule has 1 heterocycles. The minimum atomic E-state index is -0.333. The van der Waals surface area contributed by atoms with Crippen LogP contribution in [0.25, 0.3) is 0 Å². The molecule has 7 heteroatoms. The summed E-state index contributed by atoms with van der Waals surface area (Å²) in [5.41, 5.74) is 2.06. The van der Waals surface area contributed by atoms with E-state index >= 15 is 0 Å². The highest BCUT2D eigenvalue weighted by molar-refractivity contribution is 6.34. The van der Waals surface area contributed by atoms with Gasteiger partial charge in [-0.05, 0) is 74.4 Å². The van der Waals surface area contributed by atoms with Crippen LogP contribution in [-0.4, -0.2) is 43.3 Å². The number of alkyl carbamates (subject to hydrolysis) is 1. The molecule has 1 aromatic rings. The molecular formula is C24H37Cl2N3O2. The Morgan fingerprint density at radius 3 is 2.39 bits per heavy atom. The molecule has 31 heavy (non-hydrogen) atoms. The maximum absolute atomic E-state index is 11.9. The summed E-state index contributed by atoms with van der Waals surface area (Å²) in [6.07, 6.45) is 2.88. The highest BCUT2D eigenvalue weighted by Gasteiger charge is 2.30. The van der Waals surface area contributed by atoms with Gasteiger partial charge in [0, 0.05) is 34.9 Å². The van der Waals surface area contributed by atoms with E-state index in [-0.39, 0.29) is 17.6 Å². The third-order valence-electron chi connectivity index (χ3n) is 5.76. The molecular weight excluding hydrogens is 433 g/mol. The number of ether oxygens (including phenoxy) is 1. The second-order valence-electron chi connectivity index (χ2n) is 9.47. The zero-order chi connectivity index (χ0) is 23.0. The van der Waals surface area contributed by atoms with Crippen LogP contribution >= 0.6 is 23.2 Å². The van der Waals surface area contributed by atoms with Crippen molar-refractivity contribution in [3.63, 3.8) is 0 Å². The van der Waals surface area contributed by atoms with Gasteiger partial charge in [0.05, 0.1) is 6.61 Å². The van der Waals surface area contributed by atoms with Gasteiger partial charge in [-0.1, -0.05) is 50.6 Å². The number of piperidine rings is 1. The van der Waals surface area contributed by atoms with Crippen LogP contribution < -0.4 is 10.6 Å². The van der Waals surface area contributed by atoms with Crippen molar-refractivity contribution in [2.75, 3.05) is 26.2 Å². The van der Waals surface area contributed by atoms with Crippen molar-refractivity contribution in [2.24, 2.45) is 11.3 Å². The maximum Gasteiger partial charge on any atom is 0.407 e. The Kier molecular flexibility index (Phi) is 9.98. The first kappa shape index (κ1) is 25.8. The molecule has 0 bridgehead atoms. The lowest BCUT2D eigenvalue weighted by atomic mass is 9.85. The fraction of sp³-hybridized carbons (Fsp3) is 0.625. The van der Waals surface area contributed by atoms with Crippen LogP contribution in [0.1, 0.15) is 52.5 Å². The van der Waals surface area contributed by atoms with Crippen molar-refractivity contribution in [3.05, 3.63) is 46.1 Å². The van der Waals surface area contributed by atoms with Gasteiger partial charge >= 0.3 is 6.09 Å². The number of rotatable bonds is 9. The fourth-order valence-electron chi connectivity index (χ4n) is 3.84. The Balaban J connectivity index is 1.76. The number of carbonyl (C=O) groups is 1. The quantitative estimate of drug-likeness (QED) is 0.475. The lowest BCUT2D eigenvalue weighted by Gasteiger charge is -2.38. The molecule has 0 saturated carbocycles. The van der Waals surface area contributed by atoms with Gasteiger partial charge in [0.15, 0.2) is 0 Å². The average Bonchev–Trinajstić information content (AvgIpc) is 2.66. The fourth-order valence-corrected chi connectivity index (χ4v) is 4.41. The molecule has 1 aliphatic heterocycles. The van der Waals surface area contributed by atoms with Crippen molar-refractivity contribution in [3.8, 4) is 0 Å². The molecule has 1 atom stereocenters. The molecule has 1 aliphatic rings. The normalized spacial score (nSPS) is 16.6. The van der Waals surface area contributed by atoms with Gasteiger partial charge < -0.3 is 20.3 Å². The van der Waals surface area contributed by atoms with E-state index in [2.05, 4.69) is 42.9 Å². The zero-order valence-electron chi connectivity index (χ0n) is 19.3. The van der Waals surface area contributed by atoms with Gasteiger partial charge in [-0.15, -0.1) is 0 Å². The van der Waals surface area contributed by atoms with Crippen molar-refractivity contribution in [2.45, 2.75) is 59.5 Å². The number of hydrogen-bond acceptors (Lipinski definition) is 4. The second-order valence-corrected chi connectivity index (χ2v) is 10.3. The maximum atomic E-state index is 11.9. The minimum Gasteiger partial charge on any atom is -0.450 e. The van der Waals surface area contributed by atoms with Gasteiger partial charge in [-0.3, -0.25) is 0 Å². The first-order valence-corrected chi connectivity index (χ1v) is 11.8. The van der Waals surface area contributed by atoms with Crippen molar-refractivity contribution in [1.29, 1.82) is 0 Å². The number of likely N-dealkylation sites (tertiary alicyclic amines) is 1. The molecule has 1 unspecified atom stereocenters. The summed E-state index contributed by atoms with van der Waals surface area (Å²) in [4.78, 5) is 14.4. The smallest absolute Gasteiger partial charge is 0.407 e. The highest BCUT2D eigenvalue weighted by atomic mass is 35.5. The molecule has 0 spiro atoms. The van der Waals surface area contributed by atoms with Crippen LogP contribution in [0.4, 0.5) is 4.79 Å². The van der Waals surface area contributed by atoms with Crippen LogP contribution in [0.15, 0.2) is 30.5 Å². The van der Waals surface area contributed by atoms with Crippen LogP contribution in [0.2, 0.25) is 10.0 Å². The Labute approximate surface area is 197 Å². The van der Waals surface area contributed by atoms with Crippen molar-refractivity contribution >= 4 is 29.3 Å². The predicted octanol–water partition coefficient (Wildman–Crippen LogP) is 5.86. The molecule has 2 rings (SSSR count). The molecule has 174 valence electrons. The van der Waals surface area contributed by atoms with Crippen LogP contribution in [0.5, 0.6) is 0 Å². The SMILES string of the molecule is C=C(CC1CCN(CC(NC(=O)OCC)C(C)(C)C)CC1)NCc1cc(Cl)cc(Cl)c1. The molecule has 0 radical (unpaired) electrons. The third kappa shape index (κ3) is 9.30. The summed E-state index contributed by atoms with van der Waals surface area (Å²) in [6.45, 7) is 16.4. The van der Waals surface area contributed by atoms with E-state index in [0.717, 1.165) is 50.2 Å². The Morgan fingerprint density at radius 1 is 1.23 bits per heavy atom. The van der Waals surface area contributed by atoms with E-state index in [9.17, 15) is 4.79 Å². The molecule has 0 aromatic heterocycles. The van der Waals surface area contributed by atoms with E-state index in [1.54, 1.807) is 6.07 Å². The third-order valence-corrected chi connectivity index (χ3v) is 6.20. The molecule has 0 aliphatic carbocycles. The van der Waals surface area contributed by atoms with Gasteiger partial charge in [-0.2, -0.15) is 0 Å². The van der Waals surface area contributed by atoms with Gasteiger partial charge in [0.1, 0.15) is 0 Å². The van der Waals surface area contributed by atoms with Gasteiger partial charge in [0.25, 0.3) is 0 Å². The molecule has 1 aromatic carbocycles. The largest absolute Gasteiger partial charge is 0.450 e. The second kappa shape index (κ2) is 12.0. The van der Waals surface area contributed by atoms with Gasteiger partial charge in [0.2, 0.25) is 0 Å². The number of carbonyl (C=O) groups excluding carboxylic acids is 1. The lowest BCUT2D eigenvalue weighted by molar-refractivity contribution is 0.110. The van der Waals surface area contributed by atoms with Crippen LogP contribution in [0.3, 0.4) is 0 Å². The number of allylic oxidation sites excluding steroid dienone is 1. The monoisotopic (exact) mass is 469 g/mol.